The molecule has 76 valence electrons. The molecule has 0 saturated carbocycles. The van der Waals surface area contributed by atoms with E-state index in [9.17, 15) is 0 Å². The van der Waals surface area contributed by atoms with Gasteiger partial charge in [0.25, 0.3) is 0 Å². The molecule has 0 aliphatic carbocycles. The van der Waals surface area contributed by atoms with Crippen LogP contribution < -0.4 is 11.2 Å². The molecule has 0 atom stereocenters. The first kappa shape index (κ1) is 10.9. The van der Waals surface area contributed by atoms with Crippen molar-refractivity contribution in [3.05, 3.63) is 16.7 Å². The number of hydrazone groups is 1. The lowest BCUT2D eigenvalue weighted by Crippen LogP contribution is -2.00. The van der Waals surface area contributed by atoms with Gasteiger partial charge >= 0.3 is 0 Å². The zero-order valence-electron chi connectivity index (χ0n) is 7.53. The first-order valence-corrected chi connectivity index (χ1v) is 4.21. The summed E-state index contributed by atoms with van der Waals surface area (Å²) in [4.78, 5) is 3.85. The highest BCUT2D eigenvalue weighted by Crippen LogP contribution is 2.23. The number of rotatable bonds is 3. The lowest BCUT2D eigenvalue weighted by atomic mass is 10.3. The number of anilines is 2. The van der Waals surface area contributed by atoms with Gasteiger partial charge in [0.1, 0.15) is 17.5 Å². The molecule has 15 heavy (non-hydrogen) atoms. The Bertz CT molecular complexity index is 447. The second-order valence-corrected chi connectivity index (χ2v) is 2.83. The van der Waals surface area contributed by atoms with Gasteiger partial charge in [-0.3, -0.25) is 5.43 Å². The molecule has 0 radical (unpaired) electrons. The van der Waals surface area contributed by atoms with Crippen molar-refractivity contribution in [3.63, 3.8) is 0 Å². The molecule has 0 amide bonds. The first-order chi connectivity index (χ1) is 7.19. The van der Waals surface area contributed by atoms with E-state index in [-0.39, 0.29) is 22.2 Å². The maximum absolute atomic E-state index is 8.79. The van der Waals surface area contributed by atoms with Gasteiger partial charge in [-0.1, -0.05) is 11.6 Å². The Balaban J connectivity index is 3.10. The summed E-state index contributed by atoms with van der Waals surface area (Å²) in [6, 6.07) is 3.26. The molecule has 7 heteroatoms. The SMILES string of the molecule is N#Cc1c(Cl)cc(N)nc1N/N=C\C=N. The average molecular weight is 223 g/mol. The molecular weight excluding hydrogens is 216 g/mol. The summed E-state index contributed by atoms with van der Waals surface area (Å²) in [6.07, 6.45) is 2.17. The Hall–Kier alpha value is -2.13. The number of hydrogen-bond acceptors (Lipinski definition) is 6. The minimum Gasteiger partial charge on any atom is -0.384 e. The topological polar surface area (TPSA) is 111 Å². The minimum atomic E-state index is 0.160. The van der Waals surface area contributed by atoms with Crippen molar-refractivity contribution in [2.45, 2.75) is 0 Å². The van der Waals surface area contributed by atoms with Crippen LogP contribution in [-0.2, 0) is 0 Å². The van der Waals surface area contributed by atoms with Crippen LogP contribution in [0.1, 0.15) is 5.56 Å². The highest BCUT2D eigenvalue weighted by molar-refractivity contribution is 6.32. The molecule has 0 spiro atoms. The van der Waals surface area contributed by atoms with E-state index in [1.165, 1.54) is 12.3 Å². The average Bonchev–Trinajstić information content (AvgIpc) is 2.17. The van der Waals surface area contributed by atoms with Gasteiger partial charge in [-0.05, 0) is 0 Å². The molecule has 0 aromatic carbocycles. The number of nitrogen functional groups attached to an aromatic ring is 1. The number of nitrogens with two attached hydrogens (primary N) is 1. The van der Waals surface area contributed by atoms with E-state index in [1.807, 2.05) is 6.07 Å². The molecule has 1 heterocycles. The standard InChI is InChI=1S/C8H7ClN6/c9-6-3-7(12)14-8(5(6)4-11)15-13-2-1-10/h1-3,10H,(H3,12,14,15)/b10-1?,13-2-. The number of pyridine rings is 1. The molecule has 0 saturated heterocycles. The number of nitriles is 1. The fourth-order valence-electron chi connectivity index (χ4n) is 0.855. The third-order valence-corrected chi connectivity index (χ3v) is 1.72. The molecule has 1 aromatic rings. The minimum absolute atomic E-state index is 0.160. The van der Waals surface area contributed by atoms with Gasteiger partial charge in [-0.15, -0.1) is 0 Å². The molecule has 0 fully saturated rings. The van der Waals surface area contributed by atoms with Crippen molar-refractivity contribution in [2.24, 2.45) is 5.10 Å². The van der Waals surface area contributed by atoms with E-state index >= 15 is 0 Å². The van der Waals surface area contributed by atoms with Crippen LogP contribution in [-0.4, -0.2) is 17.4 Å². The van der Waals surface area contributed by atoms with E-state index in [2.05, 4.69) is 15.5 Å². The summed E-state index contributed by atoms with van der Waals surface area (Å²) < 4.78 is 0. The zero-order chi connectivity index (χ0) is 11.3. The van der Waals surface area contributed by atoms with Crippen LogP contribution >= 0.6 is 11.6 Å². The van der Waals surface area contributed by atoms with Crippen LogP contribution in [0.3, 0.4) is 0 Å². The lowest BCUT2D eigenvalue weighted by molar-refractivity contribution is 1.22. The molecule has 1 aromatic heterocycles. The van der Waals surface area contributed by atoms with Crippen LogP contribution in [0.2, 0.25) is 5.02 Å². The molecule has 0 aliphatic rings. The number of hydrogen-bond donors (Lipinski definition) is 3. The maximum Gasteiger partial charge on any atom is 0.168 e. The van der Waals surface area contributed by atoms with Gasteiger partial charge in [0.2, 0.25) is 0 Å². The van der Waals surface area contributed by atoms with Crippen molar-refractivity contribution >= 4 is 35.7 Å². The first-order valence-electron chi connectivity index (χ1n) is 3.83. The van der Waals surface area contributed by atoms with Gasteiger partial charge in [-0.2, -0.15) is 10.4 Å². The summed E-state index contributed by atoms with van der Waals surface area (Å²) in [5.74, 6) is 0.354. The number of nitrogens with one attached hydrogen (secondary N) is 2. The molecular formula is C8H7ClN6. The number of aromatic nitrogens is 1. The molecule has 0 aliphatic heterocycles. The van der Waals surface area contributed by atoms with Gasteiger partial charge in [0.05, 0.1) is 11.2 Å². The van der Waals surface area contributed by atoms with E-state index < -0.39 is 0 Å². The Morgan fingerprint density at radius 2 is 2.47 bits per heavy atom. The summed E-state index contributed by atoms with van der Waals surface area (Å²) in [5, 5.41) is 19.3. The van der Waals surface area contributed by atoms with Gasteiger partial charge in [0.15, 0.2) is 5.82 Å². The van der Waals surface area contributed by atoms with Crippen molar-refractivity contribution in [2.75, 3.05) is 11.2 Å². The molecule has 0 unspecified atom stereocenters. The normalized spacial score (nSPS) is 9.87. The number of nitrogens with zero attached hydrogens (tertiary/aromatic N) is 3. The summed E-state index contributed by atoms with van der Waals surface area (Å²) in [7, 11) is 0. The van der Waals surface area contributed by atoms with Crippen molar-refractivity contribution < 1.29 is 0 Å². The molecule has 6 nitrogen and oxygen atoms in total. The fourth-order valence-corrected chi connectivity index (χ4v) is 1.10. The van der Waals surface area contributed by atoms with Crippen LogP contribution in [0, 0.1) is 16.7 Å². The highest BCUT2D eigenvalue weighted by atomic mass is 35.5. The Morgan fingerprint density at radius 1 is 1.73 bits per heavy atom. The molecule has 4 N–H and O–H groups in total. The third-order valence-electron chi connectivity index (χ3n) is 1.42. The maximum atomic E-state index is 8.79. The van der Waals surface area contributed by atoms with Crippen LogP contribution in [0.25, 0.3) is 0 Å². The predicted molar refractivity (Wildman–Crippen MR) is 59.3 cm³/mol. The van der Waals surface area contributed by atoms with E-state index in [0.29, 0.717) is 0 Å². The van der Waals surface area contributed by atoms with Gasteiger partial charge in [-0.25, -0.2) is 4.98 Å². The Morgan fingerprint density at radius 3 is 3.07 bits per heavy atom. The zero-order valence-corrected chi connectivity index (χ0v) is 8.28. The third kappa shape index (κ3) is 2.65. The monoisotopic (exact) mass is 222 g/mol. The van der Waals surface area contributed by atoms with E-state index in [1.54, 1.807) is 0 Å². The summed E-state index contributed by atoms with van der Waals surface area (Å²) in [5.41, 5.74) is 8.07. The second kappa shape index (κ2) is 4.93. The predicted octanol–water partition coefficient (Wildman–Crippen LogP) is 1.24. The summed E-state index contributed by atoms with van der Waals surface area (Å²) in [6.45, 7) is 0. The highest BCUT2D eigenvalue weighted by Gasteiger charge is 2.08. The summed E-state index contributed by atoms with van der Waals surface area (Å²) >= 11 is 5.77. The van der Waals surface area contributed by atoms with Crippen molar-refractivity contribution in [3.8, 4) is 6.07 Å². The molecule has 0 bridgehead atoms. The second-order valence-electron chi connectivity index (χ2n) is 2.42. The fraction of sp³-hybridized carbons (Fsp3) is 0. The van der Waals surface area contributed by atoms with Gasteiger partial charge in [0, 0.05) is 12.3 Å². The molecule has 1 rings (SSSR count). The lowest BCUT2D eigenvalue weighted by Gasteiger charge is -2.04. The Kier molecular flexibility index (Phi) is 3.60. The van der Waals surface area contributed by atoms with Crippen LogP contribution in [0.5, 0.6) is 0 Å². The smallest absolute Gasteiger partial charge is 0.168 e. The van der Waals surface area contributed by atoms with Crippen molar-refractivity contribution in [1.82, 2.24) is 4.98 Å². The quantitative estimate of drug-likeness (QED) is 0.528. The largest absolute Gasteiger partial charge is 0.384 e. The number of halogens is 1. The van der Waals surface area contributed by atoms with Crippen LogP contribution in [0.4, 0.5) is 11.6 Å². The van der Waals surface area contributed by atoms with Gasteiger partial charge < -0.3 is 11.1 Å². The van der Waals surface area contributed by atoms with Crippen LogP contribution in [0.15, 0.2) is 11.2 Å². The Labute approximate surface area is 90.9 Å². The van der Waals surface area contributed by atoms with E-state index in [4.69, 9.17) is 28.0 Å². The van der Waals surface area contributed by atoms with Crippen molar-refractivity contribution in [1.29, 1.82) is 10.7 Å². The van der Waals surface area contributed by atoms with E-state index in [0.717, 1.165) is 6.21 Å².